The third-order valence-corrected chi connectivity index (χ3v) is 1.48. The first-order valence-electron chi connectivity index (χ1n) is 3.10. The number of phenolic OH excluding ortho intramolecular Hbond substituents is 1. The zero-order valence-electron chi connectivity index (χ0n) is 5.97. The van der Waals surface area contributed by atoms with E-state index < -0.39 is 5.82 Å². The number of phenols is 1. The number of halogens is 1. The van der Waals surface area contributed by atoms with E-state index in [9.17, 15) is 9.18 Å². The topological polar surface area (TPSA) is 37.3 Å². The zero-order valence-corrected chi connectivity index (χ0v) is 5.97. The highest BCUT2D eigenvalue weighted by molar-refractivity contribution is 5.80. The van der Waals surface area contributed by atoms with Crippen LogP contribution in [0.3, 0.4) is 0 Å². The van der Waals surface area contributed by atoms with Crippen molar-refractivity contribution in [1.82, 2.24) is 0 Å². The molecule has 11 heavy (non-hydrogen) atoms. The van der Waals surface area contributed by atoms with E-state index in [1.165, 1.54) is 6.07 Å². The van der Waals surface area contributed by atoms with Crippen LogP contribution < -0.4 is 0 Å². The summed E-state index contributed by atoms with van der Waals surface area (Å²) in [5.41, 5.74) is 0.221. The van der Waals surface area contributed by atoms with Gasteiger partial charge in [-0.25, -0.2) is 4.39 Å². The standard InChI is InChI=1S/C8H7FO2/c1-5-2-3-7(9)6(4-10)8(5)11/h2-4,11H,1H3. The van der Waals surface area contributed by atoms with E-state index >= 15 is 0 Å². The molecule has 0 radical (unpaired) electrons. The van der Waals surface area contributed by atoms with Gasteiger partial charge in [-0.05, 0) is 18.6 Å². The molecular formula is C8H7FO2. The lowest BCUT2D eigenvalue weighted by Gasteiger charge is -2.00. The molecule has 58 valence electrons. The van der Waals surface area contributed by atoms with Crippen molar-refractivity contribution in [2.24, 2.45) is 0 Å². The van der Waals surface area contributed by atoms with Gasteiger partial charge in [-0.15, -0.1) is 0 Å². The summed E-state index contributed by atoms with van der Waals surface area (Å²) in [7, 11) is 0. The van der Waals surface area contributed by atoms with Crippen molar-refractivity contribution in [2.75, 3.05) is 0 Å². The quantitative estimate of drug-likeness (QED) is 0.624. The molecule has 0 saturated heterocycles. The lowest BCUT2D eigenvalue weighted by atomic mass is 10.1. The minimum Gasteiger partial charge on any atom is -0.507 e. The first kappa shape index (κ1) is 7.72. The number of hydrogen-bond acceptors (Lipinski definition) is 2. The Morgan fingerprint density at radius 2 is 2.18 bits per heavy atom. The van der Waals surface area contributed by atoms with E-state index in [0.29, 0.717) is 11.8 Å². The molecule has 0 bridgehead atoms. The number of benzene rings is 1. The third-order valence-electron chi connectivity index (χ3n) is 1.48. The SMILES string of the molecule is Cc1ccc(F)c(C=O)c1O. The van der Waals surface area contributed by atoms with Gasteiger partial charge in [0.15, 0.2) is 6.29 Å². The van der Waals surface area contributed by atoms with Crippen molar-refractivity contribution >= 4 is 6.29 Å². The van der Waals surface area contributed by atoms with Gasteiger partial charge in [0.05, 0.1) is 5.56 Å². The molecule has 1 aromatic rings. The zero-order chi connectivity index (χ0) is 8.43. The van der Waals surface area contributed by atoms with Gasteiger partial charge in [-0.1, -0.05) is 6.07 Å². The fraction of sp³-hybridized carbons (Fsp3) is 0.125. The van der Waals surface area contributed by atoms with Crippen molar-refractivity contribution in [3.63, 3.8) is 0 Å². The van der Waals surface area contributed by atoms with Gasteiger partial charge in [-0.2, -0.15) is 0 Å². The summed E-state index contributed by atoms with van der Waals surface area (Å²) in [5.74, 6) is -0.969. The van der Waals surface area contributed by atoms with Gasteiger partial charge in [-0.3, -0.25) is 4.79 Å². The molecule has 3 heteroatoms. The van der Waals surface area contributed by atoms with Crippen LogP contribution >= 0.6 is 0 Å². The van der Waals surface area contributed by atoms with Gasteiger partial charge in [0.1, 0.15) is 11.6 Å². The van der Waals surface area contributed by atoms with Gasteiger partial charge in [0.25, 0.3) is 0 Å². The fourth-order valence-electron chi connectivity index (χ4n) is 0.805. The largest absolute Gasteiger partial charge is 0.507 e. The Balaban J connectivity index is 3.40. The molecule has 0 saturated carbocycles. The minimum absolute atomic E-state index is 0.273. The van der Waals surface area contributed by atoms with Crippen molar-refractivity contribution in [3.8, 4) is 5.75 Å². The summed E-state index contributed by atoms with van der Waals surface area (Å²) >= 11 is 0. The van der Waals surface area contributed by atoms with Gasteiger partial charge >= 0.3 is 0 Å². The molecule has 0 atom stereocenters. The highest BCUT2D eigenvalue weighted by atomic mass is 19.1. The molecule has 0 amide bonds. The Hall–Kier alpha value is -1.38. The highest BCUT2D eigenvalue weighted by Gasteiger charge is 2.08. The Kier molecular flexibility index (Phi) is 1.89. The van der Waals surface area contributed by atoms with Crippen molar-refractivity contribution in [1.29, 1.82) is 0 Å². The second-order valence-electron chi connectivity index (χ2n) is 2.24. The van der Waals surface area contributed by atoms with Crippen LogP contribution in [0.2, 0.25) is 0 Å². The summed E-state index contributed by atoms with van der Waals surface area (Å²) in [6.45, 7) is 1.60. The predicted octanol–water partition coefficient (Wildman–Crippen LogP) is 1.65. The average Bonchev–Trinajstić information content (AvgIpc) is 1.99. The van der Waals surface area contributed by atoms with Gasteiger partial charge in [0.2, 0.25) is 0 Å². The van der Waals surface area contributed by atoms with Crippen LogP contribution in [0, 0.1) is 12.7 Å². The maximum absolute atomic E-state index is 12.6. The van der Waals surface area contributed by atoms with E-state index in [4.69, 9.17) is 5.11 Å². The fourth-order valence-corrected chi connectivity index (χ4v) is 0.805. The van der Waals surface area contributed by atoms with E-state index in [1.54, 1.807) is 6.92 Å². The normalized spacial score (nSPS) is 9.64. The molecule has 2 nitrogen and oxygen atoms in total. The lowest BCUT2D eigenvalue weighted by molar-refractivity contribution is 0.111. The van der Waals surface area contributed by atoms with E-state index in [0.717, 1.165) is 6.07 Å². The average molecular weight is 154 g/mol. The molecule has 0 aliphatic carbocycles. The molecule has 0 aliphatic rings. The second kappa shape index (κ2) is 2.70. The second-order valence-corrected chi connectivity index (χ2v) is 2.24. The Morgan fingerprint density at radius 1 is 1.55 bits per heavy atom. The Morgan fingerprint density at radius 3 is 2.64 bits per heavy atom. The number of aromatic hydroxyl groups is 1. The van der Waals surface area contributed by atoms with Crippen LogP contribution in [0.4, 0.5) is 4.39 Å². The van der Waals surface area contributed by atoms with Gasteiger partial charge in [0, 0.05) is 0 Å². The number of rotatable bonds is 1. The molecule has 1 N–H and O–H groups in total. The van der Waals surface area contributed by atoms with Crippen LogP contribution in [0.15, 0.2) is 12.1 Å². The molecule has 0 unspecified atom stereocenters. The molecule has 1 rings (SSSR count). The third kappa shape index (κ3) is 1.22. The predicted molar refractivity (Wildman–Crippen MR) is 38.2 cm³/mol. The molecular weight excluding hydrogens is 147 g/mol. The Bertz CT molecular complexity index is 294. The molecule has 0 aromatic heterocycles. The van der Waals surface area contributed by atoms with Crippen molar-refractivity contribution in [2.45, 2.75) is 6.92 Å². The maximum atomic E-state index is 12.6. The molecule has 0 fully saturated rings. The smallest absolute Gasteiger partial charge is 0.156 e. The highest BCUT2D eigenvalue weighted by Crippen LogP contribution is 2.22. The number of aldehydes is 1. The van der Waals surface area contributed by atoms with Crippen LogP contribution in [-0.2, 0) is 0 Å². The van der Waals surface area contributed by atoms with Crippen LogP contribution in [0.25, 0.3) is 0 Å². The summed E-state index contributed by atoms with van der Waals surface area (Å²) in [4.78, 5) is 10.2. The summed E-state index contributed by atoms with van der Waals surface area (Å²) in [6.07, 6.45) is 0.303. The lowest BCUT2D eigenvalue weighted by Crippen LogP contribution is -1.89. The van der Waals surface area contributed by atoms with E-state index in [1.807, 2.05) is 0 Å². The Labute approximate surface area is 63.3 Å². The van der Waals surface area contributed by atoms with Crippen LogP contribution in [0.5, 0.6) is 5.75 Å². The summed E-state index contributed by atoms with van der Waals surface area (Å²) < 4.78 is 12.6. The number of aryl methyl sites for hydroxylation is 1. The first-order valence-corrected chi connectivity index (χ1v) is 3.10. The van der Waals surface area contributed by atoms with Crippen LogP contribution in [0.1, 0.15) is 15.9 Å². The van der Waals surface area contributed by atoms with Crippen molar-refractivity contribution < 1.29 is 14.3 Å². The maximum Gasteiger partial charge on any atom is 0.156 e. The molecule has 0 aliphatic heterocycles. The number of carbonyl (C=O) groups is 1. The van der Waals surface area contributed by atoms with Gasteiger partial charge < -0.3 is 5.11 Å². The number of hydrogen-bond donors (Lipinski definition) is 1. The van der Waals surface area contributed by atoms with Crippen molar-refractivity contribution in [3.05, 3.63) is 29.1 Å². The van der Waals surface area contributed by atoms with E-state index in [-0.39, 0.29) is 11.3 Å². The first-order chi connectivity index (χ1) is 5.16. The van der Waals surface area contributed by atoms with Crippen LogP contribution in [-0.4, -0.2) is 11.4 Å². The summed E-state index contributed by atoms with van der Waals surface area (Å²) in [6, 6.07) is 2.57. The minimum atomic E-state index is -0.692. The van der Waals surface area contributed by atoms with E-state index in [2.05, 4.69) is 0 Å². The molecule has 0 spiro atoms. The molecule has 1 aromatic carbocycles. The summed E-state index contributed by atoms with van der Waals surface area (Å²) in [5, 5.41) is 9.11. The monoisotopic (exact) mass is 154 g/mol. The number of carbonyl (C=O) groups excluding carboxylic acids is 1. The molecule has 0 heterocycles.